The van der Waals surface area contributed by atoms with E-state index >= 15 is 0 Å². The molecule has 6 nitrogen and oxygen atoms in total. The highest BCUT2D eigenvalue weighted by atomic mass is 35.5. The van der Waals surface area contributed by atoms with E-state index in [-0.39, 0.29) is 11.9 Å². The molecular weight excluding hydrogens is 270 g/mol. The van der Waals surface area contributed by atoms with Crippen LogP contribution in [0.5, 0.6) is 11.5 Å². The fourth-order valence-corrected chi connectivity index (χ4v) is 1.85. The van der Waals surface area contributed by atoms with Crippen molar-refractivity contribution in [1.29, 1.82) is 0 Å². The first-order valence-corrected chi connectivity index (χ1v) is 6.10. The molecule has 7 heteroatoms. The molecule has 1 atom stereocenters. The van der Waals surface area contributed by atoms with Crippen LogP contribution in [0.3, 0.4) is 0 Å². The normalized spacial score (nSPS) is 12.9. The maximum atomic E-state index is 8.73. The van der Waals surface area contributed by atoms with Gasteiger partial charge < -0.3 is 25.7 Å². The molecule has 0 spiro atoms. The van der Waals surface area contributed by atoms with Gasteiger partial charge in [0, 0.05) is 12.1 Å². The van der Waals surface area contributed by atoms with E-state index in [1.54, 1.807) is 12.1 Å². The number of amidine groups is 1. The van der Waals surface area contributed by atoms with Crippen LogP contribution in [0.15, 0.2) is 17.3 Å². The third-order valence-electron chi connectivity index (χ3n) is 2.68. The van der Waals surface area contributed by atoms with E-state index in [2.05, 4.69) is 10.5 Å². The van der Waals surface area contributed by atoms with Gasteiger partial charge in [-0.05, 0) is 6.42 Å². The van der Waals surface area contributed by atoms with Crippen molar-refractivity contribution in [2.24, 2.45) is 10.9 Å². The lowest BCUT2D eigenvalue weighted by molar-refractivity contribution is 0.316. The van der Waals surface area contributed by atoms with Crippen LogP contribution < -0.4 is 20.5 Å². The minimum absolute atomic E-state index is 0.0958. The highest BCUT2D eigenvalue weighted by Gasteiger charge is 2.16. The van der Waals surface area contributed by atoms with Crippen LogP contribution in [0.1, 0.15) is 13.3 Å². The van der Waals surface area contributed by atoms with Crippen molar-refractivity contribution in [1.82, 2.24) is 0 Å². The Morgan fingerprint density at radius 2 is 2.05 bits per heavy atom. The van der Waals surface area contributed by atoms with Gasteiger partial charge in [-0.2, -0.15) is 0 Å². The van der Waals surface area contributed by atoms with Gasteiger partial charge in [-0.25, -0.2) is 0 Å². The molecule has 1 aromatic carbocycles. The van der Waals surface area contributed by atoms with Crippen LogP contribution in [0.4, 0.5) is 5.69 Å². The van der Waals surface area contributed by atoms with E-state index in [0.717, 1.165) is 0 Å². The molecule has 106 valence electrons. The Morgan fingerprint density at radius 3 is 2.53 bits per heavy atom. The molecule has 1 rings (SSSR count). The fraction of sp³-hybridized carbons (Fsp3) is 0.417. The van der Waals surface area contributed by atoms with Crippen molar-refractivity contribution in [3.63, 3.8) is 0 Å². The Morgan fingerprint density at radius 1 is 1.42 bits per heavy atom. The number of halogens is 1. The van der Waals surface area contributed by atoms with E-state index in [0.29, 0.717) is 28.6 Å². The molecule has 0 heterocycles. The number of ether oxygens (including phenoxy) is 2. The van der Waals surface area contributed by atoms with Gasteiger partial charge in [-0.15, -0.1) is 0 Å². The van der Waals surface area contributed by atoms with Crippen LogP contribution in [-0.4, -0.2) is 31.3 Å². The molecule has 0 amide bonds. The zero-order chi connectivity index (χ0) is 14.4. The molecule has 19 heavy (non-hydrogen) atoms. The van der Waals surface area contributed by atoms with Gasteiger partial charge in [0.05, 0.1) is 31.0 Å². The summed E-state index contributed by atoms with van der Waals surface area (Å²) in [5, 5.41) is 15.3. The van der Waals surface area contributed by atoms with Crippen LogP contribution >= 0.6 is 11.6 Å². The van der Waals surface area contributed by atoms with Gasteiger partial charge in [0.1, 0.15) is 11.5 Å². The zero-order valence-corrected chi connectivity index (χ0v) is 11.9. The third-order valence-corrected chi connectivity index (χ3v) is 2.98. The first kappa shape index (κ1) is 15.2. The lowest BCUT2D eigenvalue weighted by atomic mass is 10.2. The van der Waals surface area contributed by atoms with E-state index in [1.165, 1.54) is 14.2 Å². The third kappa shape index (κ3) is 3.57. The Bertz CT molecular complexity index is 466. The summed E-state index contributed by atoms with van der Waals surface area (Å²) in [7, 11) is 3.06. The van der Waals surface area contributed by atoms with Crippen molar-refractivity contribution >= 4 is 23.1 Å². The molecule has 0 radical (unpaired) electrons. The number of anilines is 1. The van der Waals surface area contributed by atoms with E-state index in [4.69, 9.17) is 32.0 Å². The van der Waals surface area contributed by atoms with Gasteiger partial charge in [0.2, 0.25) is 0 Å². The van der Waals surface area contributed by atoms with Crippen molar-refractivity contribution in [2.45, 2.75) is 19.4 Å². The zero-order valence-electron chi connectivity index (χ0n) is 11.1. The van der Waals surface area contributed by atoms with Gasteiger partial charge in [-0.3, -0.25) is 0 Å². The van der Waals surface area contributed by atoms with Crippen molar-refractivity contribution < 1.29 is 14.7 Å². The summed E-state index contributed by atoms with van der Waals surface area (Å²) in [6.07, 6.45) is 0.643. The van der Waals surface area contributed by atoms with Gasteiger partial charge >= 0.3 is 0 Å². The summed E-state index contributed by atoms with van der Waals surface area (Å²) >= 11 is 6.02. The molecule has 0 aliphatic rings. The average Bonchev–Trinajstić information content (AvgIpc) is 2.44. The number of hydrogen-bond donors (Lipinski definition) is 3. The number of hydrogen-bond acceptors (Lipinski definition) is 5. The van der Waals surface area contributed by atoms with Crippen LogP contribution in [0, 0.1) is 0 Å². The summed E-state index contributed by atoms with van der Waals surface area (Å²) < 4.78 is 10.4. The maximum Gasteiger partial charge on any atom is 0.161 e. The number of nitrogens with one attached hydrogen (secondary N) is 1. The number of oxime groups is 1. The highest BCUT2D eigenvalue weighted by Crippen LogP contribution is 2.36. The summed E-state index contributed by atoms with van der Waals surface area (Å²) in [6, 6.07) is 3.03. The average molecular weight is 288 g/mol. The molecule has 0 aliphatic heterocycles. The standard InChI is InChI=1S/C12H18ClN3O3/c1-4-8(12(14)16-17)15-9-6-10(18-2)7(13)5-11(9)19-3/h5-6,8,15,17H,4H2,1-3H3,(H2,14,16). The second kappa shape index (κ2) is 6.94. The SMILES string of the molecule is CCC(Nc1cc(OC)c(Cl)cc1OC)C(N)=NO. The molecule has 1 aromatic rings. The van der Waals surface area contributed by atoms with Gasteiger partial charge in [0.25, 0.3) is 0 Å². The number of benzene rings is 1. The second-order valence-electron chi connectivity index (χ2n) is 3.82. The molecule has 0 aromatic heterocycles. The number of nitrogens with zero attached hydrogens (tertiary/aromatic N) is 1. The number of methoxy groups -OCH3 is 2. The Hall–Kier alpha value is -1.82. The monoisotopic (exact) mass is 287 g/mol. The van der Waals surface area contributed by atoms with E-state index in [1.807, 2.05) is 6.92 Å². The van der Waals surface area contributed by atoms with Crippen LogP contribution in [0.25, 0.3) is 0 Å². The number of rotatable bonds is 6. The summed E-state index contributed by atoms with van der Waals surface area (Å²) in [6.45, 7) is 1.91. The van der Waals surface area contributed by atoms with Crippen molar-refractivity contribution in [3.8, 4) is 11.5 Å². The number of nitrogens with two attached hydrogens (primary N) is 1. The quantitative estimate of drug-likeness (QED) is 0.323. The predicted octanol–water partition coefficient (Wildman–Crippen LogP) is 2.29. The predicted molar refractivity (Wildman–Crippen MR) is 75.7 cm³/mol. The first-order chi connectivity index (χ1) is 9.07. The molecule has 4 N–H and O–H groups in total. The lowest BCUT2D eigenvalue weighted by Crippen LogP contribution is -2.35. The minimum atomic E-state index is -0.315. The Balaban J connectivity index is 3.11. The highest BCUT2D eigenvalue weighted by molar-refractivity contribution is 6.32. The van der Waals surface area contributed by atoms with Crippen molar-refractivity contribution in [3.05, 3.63) is 17.2 Å². The molecule has 0 saturated carbocycles. The topological polar surface area (TPSA) is 89.1 Å². The molecule has 0 aliphatic carbocycles. The smallest absolute Gasteiger partial charge is 0.161 e. The first-order valence-electron chi connectivity index (χ1n) is 5.72. The molecule has 1 unspecified atom stereocenters. The van der Waals surface area contributed by atoms with Gasteiger partial charge in [-0.1, -0.05) is 23.7 Å². The largest absolute Gasteiger partial charge is 0.495 e. The lowest BCUT2D eigenvalue weighted by Gasteiger charge is -2.19. The Kier molecular flexibility index (Phi) is 5.57. The summed E-state index contributed by atoms with van der Waals surface area (Å²) in [5.74, 6) is 1.16. The van der Waals surface area contributed by atoms with Gasteiger partial charge in [0.15, 0.2) is 5.84 Å². The van der Waals surface area contributed by atoms with Crippen LogP contribution in [-0.2, 0) is 0 Å². The summed E-state index contributed by atoms with van der Waals surface area (Å²) in [5.41, 5.74) is 6.26. The molecule has 0 fully saturated rings. The minimum Gasteiger partial charge on any atom is -0.495 e. The molecular formula is C12H18ClN3O3. The molecule has 0 saturated heterocycles. The second-order valence-corrected chi connectivity index (χ2v) is 4.22. The Labute approximate surface area is 117 Å². The fourth-order valence-electron chi connectivity index (χ4n) is 1.62. The van der Waals surface area contributed by atoms with E-state index < -0.39 is 0 Å². The van der Waals surface area contributed by atoms with Crippen LogP contribution in [0.2, 0.25) is 5.02 Å². The summed E-state index contributed by atoms with van der Waals surface area (Å²) in [4.78, 5) is 0. The molecule has 0 bridgehead atoms. The van der Waals surface area contributed by atoms with E-state index in [9.17, 15) is 0 Å². The maximum absolute atomic E-state index is 8.73. The van der Waals surface area contributed by atoms with Crippen molar-refractivity contribution in [2.75, 3.05) is 19.5 Å².